The van der Waals surface area contributed by atoms with Crippen molar-refractivity contribution in [2.45, 2.75) is 20.4 Å². The summed E-state index contributed by atoms with van der Waals surface area (Å²) >= 11 is 1.68. The Hall–Kier alpha value is -3.00. The Morgan fingerprint density at radius 2 is 2.16 bits per heavy atom. The summed E-state index contributed by atoms with van der Waals surface area (Å²) in [5.41, 5.74) is 2.02. The number of rotatable bonds is 3. The maximum atomic E-state index is 5.90. The van der Waals surface area contributed by atoms with Crippen LogP contribution in [-0.2, 0) is 6.54 Å². The molecule has 0 atom stereocenters. The van der Waals surface area contributed by atoms with Gasteiger partial charge in [0.25, 0.3) is 0 Å². The zero-order valence-corrected chi connectivity index (χ0v) is 14.5. The van der Waals surface area contributed by atoms with E-state index in [1.165, 1.54) is 10.4 Å². The third kappa shape index (κ3) is 2.25. The van der Waals surface area contributed by atoms with Crippen molar-refractivity contribution in [2.24, 2.45) is 0 Å². The van der Waals surface area contributed by atoms with E-state index in [0.717, 1.165) is 21.6 Å². The first-order valence-electron chi connectivity index (χ1n) is 7.86. The van der Waals surface area contributed by atoms with Crippen LogP contribution in [0, 0.1) is 13.8 Å². The number of hydrogen-bond acceptors (Lipinski definition) is 6. The molecule has 0 aliphatic heterocycles. The molecule has 0 bridgehead atoms. The minimum atomic E-state index is 0.560. The summed E-state index contributed by atoms with van der Waals surface area (Å²) in [6.45, 7) is 4.78. The molecule has 0 aromatic carbocycles. The molecule has 0 N–H and O–H groups in total. The fraction of sp³-hybridized carbons (Fsp3) is 0.176. The van der Waals surface area contributed by atoms with E-state index >= 15 is 0 Å². The van der Waals surface area contributed by atoms with Crippen molar-refractivity contribution in [3.8, 4) is 11.6 Å². The van der Waals surface area contributed by atoms with Crippen molar-refractivity contribution in [1.82, 2.24) is 29.4 Å². The highest BCUT2D eigenvalue weighted by Crippen LogP contribution is 2.31. The van der Waals surface area contributed by atoms with E-state index < -0.39 is 0 Å². The summed E-state index contributed by atoms with van der Waals surface area (Å²) in [5.74, 6) is 2.01. The highest BCUT2D eigenvalue weighted by molar-refractivity contribution is 7.18. The minimum Gasteiger partial charge on any atom is -0.456 e. The highest BCUT2D eigenvalue weighted by atomic mass is 32.1. The normalized spacial score (nSPS) is 11.8. The summed E-state index contributed by atoms with van der Waals surface area (Å²) in [6.07, 6.45) is 5.35. The predicted octanol–water partition coefficient (Wildman–Crippen LogP) is 3.46. The van der Waals surface area contributed by atoms with E-state index in [1.54, 1.807) is 28.4 Å². The maximum absolute atomic E-state index is 5.90. The number of thiophene rings is 1. The van der Waals surface area contributed by atoms with Gasteiger partial charge in [0, 0.05) is 17.3 Å². The van der Waals surface area contributed by atoms with E-state index in [2.05, 4.69) is 29.0 Å². The largest absolute Gasteiger partial charge is 0.456 e. The van der Waals surface area contributed by atoms with Crippen molar-refractivity contribution in [3.63, 3.8) is 0 Å². The van der Waals surface area contributed by atoms with Crippen molar-refractivity contribution in [3.05, 3.63) is 53.1 Å². The van der Waals surface area contributed by atoms with Gasteiger partial charge in [-0.3, -0.25) is 4.68 Å². The van der Waals surface area contributed by atoms with Gasteiger partial charge in [0.05, 0.1) is 11.9 Å². The predicted molar refractivity (Wildman–Crippen MR) is 94.7 cm³/mol. The van der Waals surface area contributed by atoms with Gasteiger partial charge in [0.1, 0.15) is 16.9 Å². The SMILES string of the molecule is Cc1sc2ncn3nc(-c4ccc(Cn5cccn5)o4)nc3c2c1C. The van der Waals surface area contributed by atoms with Crippen LogP contribution in [0.4, 0.5) is 0 Å². The molecule has 0 saturated carbocycles. The molecule has 0 aliphatic carbocycles. The summed E-state index contributed by atoms with van der Waals surface area (Å²) < 4.78 is 9.43. The first-order valence-corrected chi connectivity index (χ1v) is 8.68. The third-order valence-corrected chi connectivity index (χ3v) is 5.38. The number of fused-ring (bicyclic) bond motifs is 3. The molecule has 7 nitrogen and oxygen atoms in total. The zero-order valence-electron chi connectivity index (χ0n) is 13.7. The van der Waals surface area contributed by atoms with Crippen LogP contribution in [0.3, 0.4) is 0 Å². The van der Waals surface area contributed by atoms with Crippen LogP contribution in [0.25, 0.3) is 27.4 Å². The average Bonchev–Trinajstić information content (AvgIpc) is 3.36. The quantitative estimate of drug-likeness (QED) is 0.498. The lowest BCUT2D eigenvalue weighted by Gasteiger charge is -1.96. The highest BCUT2D eigenvalue weighted by Gasteiger charge is 2.16. The molecular formula is C17H14N6OS. The van der Waals surface area contributed by atoms with Gasteiger partial charge < -0.3 is 4.42 Å². The lowest BCUT2D eigenvalue weighted by Crippen LogP contribution is -1.97. The Kier molecular flexibility index (Phi) is 3.01. The molecule has 124 valence electrons. The van der Waals surface area contributed by atoms with Gasteiger partial charge in [-0.05, 0) is 37.6 Å². The number of furan rings is 1. The van der Waals surface area contributed by atoms with Gasteiger partial charge in [-0.1, -0.05) is 0 Å². The molecule has 8 heteroatoms. The smallest absolute Gasteiger partial charge is 0.217 e. The molecule has 0 spiro atoms. The Labute approximate surface area is 146 Å². The molecule has 0 aliphatic rings. The van der Waals surface area contributed by atoms with E-state index in [0.29, 0.717) is 18.1 Å². The second kappa shape index (κ2) is 5.25. The van der Waals surface area contributed by atoms with Crippen LogP contribution < -0.4 is 0 Å². The number of nitrogens with zero attached hydrogens (tertiary/aromatic N) is 6. The number of aryl methyl sites for hydroxylation is 2. The molecule has 25 heavy (non-hydrogen) atoms. The van der Waals surface area contributed by atoms with E-state index in [-0.39, 0.29) is 0 Å². The topological polar surface area (TPSA) is 74.0 Å². The Bertz CT molecular complexity index is 1200. The number of hydrogen-bond donors (Lipinski definition) is 0. The second-order valence-corrected chi connectivity index (χ2v) is 7.08. The van der Waals surface area contributed by atoms with Gasteiger partial charge in [-0.2, -0.15) is 5.10 Å². The van der Waals surface area contributed by atoms with Crippen LogP contribution in [0.15, 0.2) is 41.3 Å². The second-order valence-electron chi connectivity index (χ2n) is 5.88. The third-order valence-electron chi connectivity index (χ3n) is 4.27. The first-order chi connectivity index (χ1) is 12.2. The summed E-state index contributed by atoms with van der Waals surface area (Å²) in [4.78, 5) is 11.4. The van der Waals surface area contributed by atoms with Gasteiger partial charge in [-0.15, -0.1) is 16.4 Å². The lowest BCUT2D eigenvalue weighted by molar-refractivity contribution is 0.487. The van der Waals surface area contributed by atoms with Crippen molar-refractivity contribution < 1.29 is 4.42 Å². The monoisotopic (exact) mass is 350 g/mol. The molecule has 5 aromatic heterocycles. The zero-order chi connectivity index (χ0) is 17.0. The van der Waals surface area contributed by atoms with Crippen LogP contribution >= 0.6 is 11.3 Å². The Balaban J connectivity index is 1.59. The summed E-state index contributed by atoms with van der Waals surface area (Å²) in [5, 5.41) is 9.78. The maximum Gasteiger partial charge on any atom is 0.217 e. The van der Waals surface area contributed by atoms with Gasteiger partial charge >= 0.3 is 0 Å². The van der Waals surface area contributed by atoms with E-state index in [4.69, 9.17) is 9.40 Å². The molecule has 0 radical (unpaired) electrons. The molecule has 5 aromatic rings. The van der Waals surface area contributed by atoms with Gasteiger partial charge in [0.15, 0.2) is 11.4 Å². The molecule has 0 fully saturated rings. The molecular weight excluding hydrogens is 336 g/mol. The van der Waals surface area contributed by atoms with Crippen LogP contribution in [0.2, 0.25) is 0 Å². The Morgan fingerprint density at radius 1 is 1.24 bits per heavy atom. The first kappa shape index (κ1) is 14.4. The van der Waals surface area contributed by atoms with Gasteiger partial charge in [-0.25, -0.2) is 14.5 Å². The molecule has 0 amide bonds. The van der Waals surface area contributed by atoms with Crippen molar-refractivity contribution in [1.29, 1.82) is 0 Å². The van der Waals surface area contributed by atoms with E-state index in [9.17, 15) is 0 Å². The number of aromatic nitrogens is 6. The standard InChI is InChI=1S/C17H14N6OS/c1-10-11(2)25-17-14(10)16-20-15(21-23(16)9-18-17)13-5-4-12(24-13)8-22-7-3-6-19-22/h3-7,9H,8H2,1-2H3. The molecule has 5 rings (SSSR count). The molecule has 0 saturated heterocycles. The van der Waals surface area contributed by atoms with Gasteiger partial charge in [0.2, 0.25) is 5.82 Å². The fourth-order valence-corrected chi connectivity index (χ4v) is 3.88. The average molecular weight is 350 g/mol. The summed E-state index contributed by atoms with van der Waals surface area (Å²) in [7, 11) is 0. The summed E-state index contributed by atoms with van der Waals surface area (Å²) in [6, 6.07) is 5.71. The lowest BCUT2D eigenvalue weighted by atomic mass is 10.2. The Morgan fingerprint density at radius 3 is 3.00 bits per heavy atom. The van der Waals surface area contributed by atoms with E-state index in [1.807, 2.05) is 29.1 Å². The van der Waals surface area contributed by atoms with Crippen molar-refractivity contribution >= 4 is 27.2 Å². The van der Waals surface area contributed by atoms with Crippen LogP contribution in [0.5, 0.6) is 0 Å². The van der Waals surface area contributed by atoms with Crippen LogP contribution in [-0.4, -0.2) is 29.4 Å². The van der Waals surface area contributed by atoms with Crippen LogP contribution in [0.1, 0.15) is 16.2 Å². The minimum absolute atomic E-state index is 0.560. The fourth-order valence-electron chi connectivity index (χ4n) is 2.89. The molecule has 5 heterocycles. The van der Waals surface area contributed by atoms with Crippen molar-refractivity contribution in [2.75, 3.05) is 0 Å². The molecule has 0 unspecified atom stereocenters.